The number of unbranched alkanes of at least 4 members (excludes halogenated alkanes) is 1. The fourth-order valence-corrected chi connectivity index (χ4v) is 5.19. The zero-order valence-corrected chi connectivity index (χ0v) is 20.4. The van der Waals surface area contributed by atoms with E-state index in [-0.39, 0.29) is 17.5 Å². The van der Waals surface area contributed by atoms with Crippen molar-refractivity contribution in [2.24, 2.45) is 23.2 Å². The first kappa shape index (κ1) is 25.6. The zero-order valence-electron chi connectivity index (χ0n) is 20.4. The number of carbonyl (C=O) groups is 2. The molecule has 2 heteroatoms. The van der Waals surface area contributed by atoms with Gasteiger partial charge in [0.25, 0.3) is 0 Å². The van der Waals surface area contributed by atoms with E-state index in [1.54, 1.807) is 0 Å². The summed E-state index contributed by atoms with van der Waals surface area (Å²) in [7, 11) is 0. The molecule has 0 amide bonds. The summed E-state index contributed by atoms with van der Waals surface area (Å²) >= 11 is 0. The molecule has 1 unspecified atom stereocenters. The highest BCUT2D eigenvalue weighted by Gasteiger charge is 2.29. The molecule has 2 nitrogen and oxygen atoms in total. The van der Waals surface area contributed by atoms with Gasteiger partial charge < -0.3 is 0 Å². The van der Waals surface area contributed by atoms with Crippen molar-refractivity contribution in [3.8, 4) is 0 Å². The van der Waals surface area contributed by atoms with E-state index in [0.29, 0.717) is 5.41 Å². The van der Waals surface area contributed by atoms with Crippen LogP contribution < -0.4 is 0 Å². The van der Waals surface area contributed by atoms with E-state index in [4.69, 9.17) is 0 Å². The maximum absolute atomic E-state index is 12.5. The number of ketones is 2. The van der Waals surface area contributed by atoms with Crippen LogP contribution in [0.5, 0.6) is 0 Å². The van der Waals surface area contributed by atoms with E-state index in [9.17, 15) is 9.59 Å². The Morgan fingerprint density at radius 1 is 1.00 bits per heavy atom. The molecule has 0 radical (unpaired) electrons. The molecule has 0 heterocycles. The third-order valence-electron chi connectivity index (χ3n) is 7.35. The summed E-state index contributed by atoms with van der Waals surface area (Å²) in [5.41, 5.74) is 2.83. The van der Waals surface area contributed by atoms with Crippen LogP contribution in [0, 0.1) is 23.2 Å². The van der Waals surface area contributed by atoms with Gasteiger partial charge in [0.15, 0.2) is 5.78 Å². The fraction of sp³-hybridized carbons (Fsp3) is 0.655. The van der Waals surface area contributed by atoms with Crippen molar-refractivity contribution in [3.05, 3.63) is 48.0 Å². The van der Waals surface area contributed by atoms with Crippen LogP contribution in [-0.2, 0) is 16.0 Å². The Kier molecular flexibility index (Phi) is 10.2. The average Bonchev–Trinajstić information content (AvgIpc) is 2.73. The first-order chi connectivity index (χ1) is 14.7. The smallest absolute Gasteiger partial charge is 0.201 e. The molecule has 2 rings (SSSR count). The van der Waals surface area contributed by atoms with Crippen molar-refractivity contribution >= 4 is 11.6 Å². The lowest BCUT2D eigenvalue weighted by Gasteiger charge is -2.37. The van der Waals surface area contributed by atoms with Crippen LogP contribution in [0.25, 0.3) is 0 Å². The van der Waals surface area contributed by atoms with E-state index in [1.807, 2.05) is 18.2 Å². The topological polar surface area (TPSA) is 34.1 Å². The van der Waals surface area contributed by atoms with Crippen LogP contribution in [0.2, 0.25) is 0 Å². The molecule has 0 N–H and O–H groups in total. The van der Waals surface area contributed by atoms with Crippen molar-refractivity contribution in [1.29, 1.82) is 0 Å². The second-order valence-electron chi connectivity index (χ2n) is 10.9. The molecule has 1 aliphatic carbocycles. The lowest BCUT2D eigenvalue weighted by molar-refractivity contribution is -0.138. The van der Waals surface area contributed by atoms with Crippen LogP contribution in [0.4, 0.5) is 0 Å². The number of hydrogen-bond donors (Lipinski definition) is 0. The normalized spacial score (nSPS) is 20.3. The van der Waals surface area contributed by atoms with Crippen LogP contribution in [0.15, 0.2) is 42.5 Å². The molecule has 1 aromatic carbocycles. The average molecular weight is 425 g/mol. The number of hydrogen-bond acceptors (Lipinski definition) is 2. The maximum atomic E-state index is 12.5. The van der Waals surface area contributed by atoms with Gasteiger partial charge in [-0.25, -0.2) is 0 Å². The first-order valence-corrected chi connectivity index (χ1v) is 12.4. The highest BCUT2D eigenvalue weighted by atomic mass is 16.2. The number of Topliss-reactive ketones (excluding diaryl/α,β-unsaturated/α-hetero) is 2. The molecule has 0 aliphatic heterocycles. The van der Waals surface area contributed by atoms with Crippen LogP contribution in [-0.4, -0.2) is 11.6 Å². The Morgan fingerprint density at radius 2 is 1.65 bits per heavy atom. The fourth-order valence-electron chi connectivity index (χ4n) is 5.19. The Labute approximate surface area is 190 Å². The molecule has 0 bridgehead atoms. The summed E-state index contributed by atoms with van der Waals surface area (Å²) in [6.07, 6.45) is 12.2. The molecular formula is C29H44O2. The van der Waals surface area contributed by atoms with E-state index < -0.39 is 0 Å². The number of rotatable bonds is 12. The van der Waals surface area contributed by atoms with Gasteiger partial charge in [0, 0.05) is 12.8 Å². The highest BCUT2D eigenvalue weighted by Crippen LogP contribution is 2.41. The third-order valence-corrected chi connectivity index (χ3v) is 7.35. The molecule has 1 aliphatic rings. The molecule has 1 atom stereocenters. The lowest BCUT2D eigenvalue weighted by atomic mass is 9.69. The van der Waals surface area contributed by atoms with Crippen LogP contribution >= 0.6 is 0 Å². The molecule has 0 saturated heterocycles. The molecule has 0 aromatic heterocycles. The summed E-state index contributed by atoms with van der Waals surface area (Å²) in [5, 5.41) is 0. The Bertz CT molecular complexity index is 702. The maximum Gasteiger partial charge on any atom is 0.201 e. The minimum absolute atomic E-state index is 0.137. The number of benzene rings is 1. The van der Waals surface area contributed by atoms with E-state index in [1.165, 1.54) is 51.0 Å². The summed E-state index contributed by atoms with van der Waals surface area (Å²) in [6.45, 7) is 12.8. The van der Waals surface area contributed by atoms with Crippen molar-refractivity contribution in [2.75, 3.05) is 0 Å². The standard InChI is InChI=1S/C29H44O2/c1-22(21-25-12-7-6-8-13-25)15-18-26(28(31)23(2)30)14-10-9-11-24-16-19-27(20-17-24)29(3,4)5/h6-8,12-13,24,26-27H,1,9-11,14-21H2,2-5H3. The van der Waals surface area contributed by atoms with Crippen LogP contribution in [0.1, 0.15) is 97.5 Å². The molecule has 0 spiro atoms. The minimum atomic E-state index is -0.292. The second kappa shape index (κ2) is 12.4. The van der Waals surface area contributed by atoms with E-state index in [2.05, 4.69) is 39.5 Å². The van der Waals surface area contributed by atoms with E-state index in [0.717, 1.165) is 49.5 Å². The predicted molar refractivity (Wildman–Crippen MR) is 131 cm³/mol. The third kappa shape index (κ3) is 9.13. The van der Waals surface area contributed by atoms with Gasteiger partial charge in [-0.3, -0.25) is 9.59 Å². The van der Waals surface area contributed by atoms with Gasteiger partial charge in [0.1, 0.15) is 0 Å². The van der Waals surface area contributed by atoms with Gasteiger partial charge in [-0.05, 0) is 61.3 Å². The van der Waals surface area contributed by atoms with Gasteiger partial charge in [0.2, 0.25) is 5.78 Å². The Balaban J connectivity index is 1.72. The Morgan fingerprint density at radius 3 is 2.23 bits per heavy atom. The van der Waals surface area contributed by atoms with Crippen molar-refractivity contribution in [2.45, 2.75) is 98.3 Å². The highest BCUT2D eigenvalue weighted by molar-refractivity contribution is 6.37. The predicted octanol–water partition coefficient (Wildman–Crippen LogP) is 7.75. The van der Waals surface area contributed by atoms with Crippen molar-refractivity contribution in [3.63, 3.8) is 0 Å². The lowest BCUT2D eigenvalue weighted by Crippen LogP contribution is -2.25. The molecule has 1 saturated carbocycles. The molecule has 172 valence electrons. The monoisotopic (exact) mass is 424 g/mol. The second-order valence-corrected chi connectivity index (χ2v) is 10.9. The minimum Gasteiger partial charge on any atom is -0.291 e. The largest absolute Gasteiger partial charge is 0.291 e. The molecule has 1 aromatic rings. The van der Waals surface area contributed by atoms with Crippen molar-refractivity contribution in [1.82, 2.24) is 0 Å². The van der Waals surface area contributed by atoms with Gasteiger partial charge in [-0.2, -0.15) is 0 Å². The zero-order chi connectivity index (χ0) is 22.9. The van der Waals surface area contributed by atoms with Gasteiger partial charge >= 0.3 is 0 Å². The van der Waals surface area contributed by atoms with E-state index >= 15 is 0 Å². The molecule has 1 fully saturated rings. The summed E-state index contributed by atoms with van der Waals surface area (Å²) < 4.78 is 0. The van der Waals surface area contributed by atoms with Gasteiger partial charge in [0.05, 0.1) is 0 Å². The SMILES string of the molecule is C=C(CCC(CCCCC1CCC(C(C)(C)C)CC1)C(=O)C(C)=O)Cc1ccccc1. The van der Waals surface area contributed by atoms with Gasteiger partial charge in [-0.1, -0.05) is 95.4 Å². The van der Waals surface area contributed by atoms with Crippen LogP contribution in [0.3, 0.4) is 0 Å². The summed E-state index contributed by atoms with van der Waals surface area (Å²) in [5.74, 6) is 1.11. The number of carbonyl (C=O) groups excluding carboxylic acids is 2. The quantitative estimate of drug-likeness (QED) is 0.195. The summed E-state index contributed by atoms with van der Waals surface area (Å²) in [4.78, 5) is 24.2. The molecular weight excluding hydrogens is 380 g/mol. The number of allylic oxidation sites excluding steroid dienone is 1. The van der Waals surface area contributed by atoms with Gasteiger partial charge in [-0.15, -0.1) is 0 Å². The Hall–Kier alpha value is -1.70. The summed E-state index contributed by atoms with van der Waals surface area (Å²) in [6, 6.07) is 10.3. The van der Waals surface area contributed by atoms with Crippen molar-refractivity contribution < 1.29 is 9.59 Å². The first-order valence-electron chi connectivity index (χ1n) is 12.4. The molecule has 31 heavy (non-hydrogen) atoms.